The Labute approximate surface area is 100 Å². The Hall–Kier alpha value is -1.64. The molecular formula is C14H15FO2. The highest BCUT2D eigenvalue weighted by molar-refractivity contribution is 5.86. The Morgan fingerprint density at radius 1 is 1.47 bits per heavy atom. The molecule has 0 aliphatic heterocycles. The van der Waals surface area contributed by atoms with Crippen molar-refractivity contribution in [2.45, 2.75) is 26.2 Å². The zero-order valence-electron chi connectivity index (χ0n) is 9.83. The van der Waals surface area contributed by atoms with E-state index in [-0.39, 0.29) is 18.2 Å². The Morgan fingerprint density at radius 3 is 3.06 bits per heavy atom. The second-order valence-electron chi connectivity index (χ2n) is 4.05. The molecule has 2 nitrogen and oxygen atoms in total. The molecule has 1 aromatic rings. The predicted octanol–water partition coefficient (Wildman–Crippen LogP) is 3.11. The monoisotopic (exact) mass is 234 g/mol. The van der Waals surface area contributed by atoms with Gasteiger partial charge in [0.15, 0.2) is 0 Å². The number of hydrogen-bond acceptors (Lipinski definition) is 2. The van der Waals surface area contributed by atoms with Crippen LogP contribution in [0.15, 0.2) is 24.3 Å². The number of allylic oxidation sites excluding steroid dienone is 1. The molecule has 90 valence electrons. The fourth-order valence-electron chi connectivity index (χ4n) is 2.11. The molecule has 0 atom stereocenters. The molecule has 0 radical (unpaired) electrons. The van der Waals surface area contributed by atoms with Crippen molar-refractivity contribution >= 4 is 11.5 Å². The van der Waals surface area contributed by atoms with Crippen molar-refractivity contribution in [3.8, 4) is 0 Å². The second-order valence-corrected chi connectivity index (χ2v) is 4.05. The molecule has 3 heteroatoms. The van der Waals surface area contributed by atoms with Gasteiger partial charge in [-0.1, -0.05) is 12.1 Å². The Bertz CT molecular complexity index is 463. The number of rotatable bonds is 3. The molecule has 1 aromatic carbocycles. The van der Waals surface area contributed by atoms with Crippen LogP contribution in [0.1, 0.15) is 30.9 Å². The molecule has 0 aromatic heterocycles. The van der Waals surface area contributed by atoms with E-state index in [1.165, 1.54) is 12.1 Å². The van der Waals surface area contributed by atoms with Gasteiger partial charge in [-0.15, -0.1) is 0 Å². The highest BCUT2D eigenvalue weighted by atomic mass is 19.1. The van der Waals surface area contributed by atoms with E-state index in [0.717, 1.165) is 29.5 Å². The third kappa shape index (κ3) is 2.73. The van der Waals surface area contributed by atoms with E-state index in [4.69, 9.17) is 4.74 Å². The molecule has 0 N–H and O–H groups in total. The summed E-state index contributed by atoms with van der Waals surface area (Å²) in [6.07, 6.45) is 4.03. The van der Waals surface area contributed by atoms with Crippen LogP contribution >= 0.6 is 0 Å². The van der Waals surface area contributed by atoms with Gasteiger partial charge < -0.3 is 4.74 Å². The van der Waals surface area contributed by atoms with Gasteiger partial charge in [0, 0.05) is 0 Å². The van der Waals surface area contributed by atoms with Crippen LogP contribution in [0.5, 0.6) is 0 Å². The summed E-state index contributed by atoms with van der Waals surface area (Å²) in [7, 11) is 0. The maximum absolute atomic E-state index is 13.2. The zero-order chi connectivity index (χ0) is 12.3. The van der Waals surface area contributed by atoms with E-state index in [0.29, 0.717) is 6.61 Å². The van der Waals surface area contributed by atoms with E-state index in [9.17, 15) is 9.18 Å². The SMILES string of the molecule is CCOC(=O)CC1=CCCc2ccc(F)cc21. The molecule has 0 unspecified atom stereocenters. The van der Waals surface area contributed by atoms with Crippen molar-refractivity contribution in [3.05, 3.63) is 41.2 Å². The van der Waals surface area contributed by atoms with Gasteiger partial charge in [0.05, 0.1) is 13.0 Å². The first-order valence-corrected chi connectivity index (χ1v) is 5.84. The quantitative estimate of drug-likeness (QED) is 0.751. The number of halogens is 1. The van der Waals surface area contributed by atoms with Crippen molar-refractivity contribution in [2.24, 2.45) is 0 Å². The third-order valence-electron chi connectivity index (χ3n) is 2.86. The molecule has 1 aliphatic carbocycles. The van der Waals surface area contributed by atoms with Crippen LogP contribution in [0.2, 0.25) is 0 Å². The van der Waals surface area contributed by atoms with Crippen LogP contribution < -0.4 is 0 Å². The molecular weight excluding hydrogens is 219 g/mol. The van der Waals surface area contributed by atoms with Crippen molar-refractivity contribution < 1.29 is 13.9 Å². The van der Waals surface area contributed by atoms with Gasteiger partial charge in [0.25, 0.3) is 0 Å². The predicted molar refractivity (Wildman–Crippen MR) is 63.9 cm³/mol. The maximum atomic E-state index is 13.2. The van der Waals surface area contributed by atoms with E-state index in [2.05, 4.69) is 0 Å². The zero-order valence-corrected chi connectivity index (χ0v) is 9.83. The highest BCUT2D eigenvalue weighted by Crippen LogP contribution is 2.29. The smallest absolute Gasteiger partial charge is 0.310 e. The lowest BCUT2D eigenvalue weighted by atomic mass is 9.89. The average Bonchev–Trinajstić information content (AvgIpc) is 2.30. The van der Waals surface area contributed by atoms with Gasteiger partial charge in [0.1, 0.15) is 5.82 Å². The minimum Gasteiger partial charge on any atom is -0.466 e. The summed E-state index contributed by atoms with van der Waals surface area (Å²) in [6, 6.07) is 4.76. The lowest BCUT2D eigenvalue weighted by molar-refractivity contribution is -0.141. The van der Waals surface area contributed by atoms with Gasteiger partial charge in [0.2, 0.25) is 0 Å². The molecule has 0 fully saturated rings. The summed E-state index contributed by atoms with van der Waals surface area (Å²) in [5.74, 6) is -0.517. The fourth-order valence-corrected chi connectivity index (χ4v) is 2.11. The number of fused-ring (bicyclic) bond motifs is 1. The van der Waals surface area contributed by atoms with Crippen LogP contribution in [-0.4, -0.2) is 12.6 Å². The lowest BCUT2D eigenvalue weighted by Crippen LogP contribution is -2.08. The molecule has 1 aliphatic rings. The summed E-state index contributed by atoms with van der Waals surface area (Å²) in [4.78, 5) is 11.4. The lowest BCUT2D eigenvalue weighted by Gasteiger charge is -2.17. The van der Waals surface area contributed by atoms with Crippen LogP contribution in [0.25, 0.3) is 5.57 Å². The van der Waals surface area contributed by atoms with Gasteiger partial charge in [-0.25, -0.2) is 4.39 Å². The highest BCUT2D eigenvalue weighted by Gasteiger charge is 2.16. The molecule has 0 saturated carbocycles. The molecule has 0 bridgehead atoms. The number of esters is 1. The van der Waals surface area contributed by atoms with E-state index >= 15 is 0 Å². The van der Waals surface area contributed by atoms with Crippen LogP contribution in [0.3, 0.4) is 0 Å². The van der Waals surface area contributed by atoms with Crippen molar-refractivity contribution in [3.63, 3.8) is 0 Å². The summed E-state index contributed by atoms with van der Waals surface area (Å²) < 4.78 is 18.1. The summed E-state index contributed by atoms with van der Waals surface area (Å²) >= 11 is 0. The standard InChI is InChI=1S/C14H15FO2/c1-2-17-14(16)8-11-5-3-4-10-6-7-12(15)9-13(10)11/h5-7,9H,2-4,8H2,1H3. The molecule has 17 heavy (non-hydrogen) atoms. The Balaban J connectivity index is 2.22. The Kier molecular flexibility index (Phi) is 3.57. The number of hydrogen-bond donors (Lipinski definition) is 0. The molecule has 0 saturated heterocycles. The van der Waals surface area contributed by atoms with Crippen molar-refractivity contribution in [2.75, 3.05) is 6.61 Å². The first-order chi connectivity index (χ1) is 8.20. The second kappa shape index (κ2) is 5.13. The van der Waals surface area contributed by atoms with Crippen LogP contribution in [0, 0.1) is 5.82 Å². The minimum absolute atomic E-state index is 0.226. The maximum Gasteiger partial charge on any atom is 0.310 e. The minimum atomic E-state index is -0.264. The van der Waals surface area contributed by atoms with Crippen molar-refractivity contribution in [1.82, 2.24) is 0 Å². The summed E-state index contributed by atoms with van der Waals surface area (Å²) in [5.41, 5.74) is 2.83. The molecule has 2 rings (SSSR count). The van der Waals surface area contributed by atoms with Gasteiger partial charge in [-0.05, 0) is 48.6 Å². The summed E-state index contributed by atoms with van der Waals surface area (Å²) in [6.45, 7) is 2.16. The number of carbonyl (C=O) groups excluding carboxylic acids is 1. The van der Waals surface area contributed by atoms with E-state index < -0.39 is 0 Å². The van der Waals surface area contributed by atoms with Gasteiger partial charge >= 0.3 is 5.97 Å². The van der Waals surface area contributed by atoms with E-state index in [1.807, 2.05) is 6.08 Å². The number of carbonyl (C=O) groups is 1. The number of ether oxygens (including phenoxy) is 1. The van der Waals surface area contributed by atoms with Gasteiger partial charge in [-0.2, -0.15) is 0 Å². The number of benzene rings is 1. The van der Waals surface area contributed by atoms with Crippen molar-refractivity contribution in [1.29, 1.82) is 0 Å². The molecule has 0 spiro atoms. The van der Waals surface area contributed by atoms with Gasteiger partial charge in [-0.3, -0.25) is 4.79 Å². The first kappa shape index (κ1) is 11.8. The number of aryl methyl sites for hydroxylation is 1. The largest absolute Gasteiger partial charge is 0.466 e. The Morgan fingerprint density at radius 2 is 2.29 bits per heavy atom. The normalized spacial score (nSPS) is 13.9. The summed E-state index contributed by atoms with van der Waals surface area (Å²) in [5, 5.41) is 0. The van der Waals surface area contributed by atoms with Crippen LogP contribution in [0.4, 0.5) is 4.39 Å². The topological polar surface area (TPSA) is 26.3 Å². The first-order valence-electron chi connectivity index (χ1n) is 5.84. The van der Waals surface area contributed by atoms with Crippen LogP contribution in [-0.2, 0) is 16.0 Å². The molecule has 0 amide bonds. The third-order valence-corrected chi connectivity index (χ3v) is 2.86. The molecule has 0 heterocycles. The fraction of sp³-hybridized carbons (Fsp3) is 0.357. The van der Waals surface area contributed by atoms with E-state index in [1.54, 1.807) is 13.0 Å². The average molecular weight is 234 g/mol.